The fourth-order valence-corrected chi connectivity index (χ4v) is 3.18. The van der Waals surface area contributed by atoms with Crippen molar-refractivity contribution >= 4 is 15.9 Å². The van der Waals surface area contributed by atoms with Crippen LogP contribution in [0, 0.1) is 0 Å². The molecule has 0 spiro atoms. The Morgan fingerprint density at radius 2 is 2.00 bits per heavy atom. The molecule has 1 aromatic heterocycles. The summed E-state index contributed by atoms with van der Waals surface area (Å²) in [6.45, 7) is 5.66. The van der Waals surface area contributed by atoms with E-state index in [2.05, 4.69) is 20.9 Å². The normalized spacial score (nSPS) is 34.1. The molecule has 1 aromatic rings. The molecule has 2 aliphatic rings. The number of nitrogens with one attached hydrogen (secondary N) is 1. The van der Waals surface area contributed by atoms with Crippen molar-refractivity contribution in [1.82, 2.24) is 9.55 Å². The third-order valence-electron chi connectivity index (χ3n) is 3.73. The summed E-state index contributed by atoms with van der Waals surface area (Å²) in [6, 6.07) is 0. The zero-order valence-corrected chi connectivity index (χ0v) is 13.5. The zero-order chi connectivity index (χ0) is 15.4. The molecular weight excluding hydrogens is 344 g/mol. The van der Waals surface area contributed by atoms with Crippen LogP contribution in [0.25, 0.3) is 0 Å². The number of hydrogen-bond acceptors (Lipinski definition) is 5. The average Bonchev–Trinajstić information content (AvgIpc) is 2.87. The highest BCUT2D eigenvalue weighted by Crippen LogP contribution is 2.43. The molecule has 2 aliphatic heterocycles. The molecule has 21 heavy (non-hydrogen) atoms. The van der Waals surface area contributed by atoms with Gasteiger partial charge in [0.05, 0.1) is 10.6 Å². The van der Waals surface area contributed by atoms with Gasteiger partial charge in [0.25, 0.3) is 5.56 Å². The Bertz CT molecular complexity index is 667. The van der Waals surface area contributed by atoms with Crippen molar-refractivity contribution in [2.24, 2.45) is 0 Å². The van der Waals surface area contributed by atoms with Gasteiger partial charge in [-0.2, -0.15) is 0 Å². The van der Waals surface area contributed by atoms with Crippen LogP contribution in [0.5, 0.6) is 0 Å². The second kappa shape index (κ2) is 5.05. The molecule has 0 saturated carbocycles. The Balaban J connectivity index is 2.01. The van der Waals surface area contributed by atoms with E-state index in [0.717, 1.165) is 6.42 Å². The summed E-state index contributed by atoms with van der Waals surface area (Å²) in [5, 5.41) is 0. The van der Waals surface area contributed by atoms with E-state index in [1.807, 2.05) is 20.8 Å². The van der Waals surface area contributed by atoms with Gasteiger partial charge in [-0.25, -0.2) is 4.79 Å². The fourth-order valence-electron chi connectivity index (χ4n) is 2.86. The van der Waals surface area contributed by atoms with Gasteiger partial charge in [0, 0.05) is 6.20 Å². The quantitative estimate of drug-likeness (QED) is 0.854. The monoisotopic (exact) mass is 360 g/mol. The number of halogens is 1. The van der Waals surface area contributed by atoms with Crippen LogP contribution in [0.2, 0.25) is 0 Å². The SMILES string of the molecule is CCC1OC(n2cc(Br)c(=O)[nH]c2=O)C2OC(C)(C)OC12. The molecule has 4 unspecified atom stereocenters. The number of ether oxygens (including phenoxy) is 3. The van der Waals surface area contributed by atoms with E-state index >= 15 is 0 Å². The van der Waals surface area contributed by atoms with Crippen LogP contribution in [0.3, 0.4) is 0 Å². The lowest BCUT2D eigenvalue weighted by Gasteiger charge is -2.24. The third-order valence-corrected chi connectivity index (χ3v) is 4.29. The Morgan fingerprint density at radius 3 is 2.67 bits per heavy atom. The maximum Gasteiger partial charge on any atom is 0.330 e. The van der Waals surface area contributed by atoms with Crippen LogP contribution >= 0.6 is 15.9 Å². The molecule has 2 saturated heterocycles. The van der Waals surface area contributed by atoms with Crippen molar-refractivity contribution in [2.45, 2.75) is 57.5 Å². The molecule has 2 fully saturated rings. The molecule has 0 aliphatic carbocycles. The van der Waals surface area contributed by atoms with Crippen molar-refractivity contribution in [3.8, 4) is 0 Å². The van der Waals surface area contributed by atoms with Crippen LogP contribution in [0.4, 0.5) is 0 Å². The molecule has 116 valence electrons. The largest absolute Gasteiger partial charge is 0.349 e. The first-order chi connectivity index (χ1) is 9.82. The summed E-state index contributed by atoms with van der Waals surface area (Å²) in [7, 11) is 0. The molecule has 7 nitrogen and oxygen atoms in total. The van der Waals surface area contributed by atoms with Gasteiger partial charge in [-0.3, -0.25) is 14.3 Å². The molecule has 4 atom stereocenters. The van der Waals surface area contributed by atoms with Crippen LogP contribution in [0.1, 0.15) is 33.4 Å². The van der Waals surface area contributed by atoms with Gasteiger partial charge in [-0.1, -0.05) is 6.92 Å². The van der Waals surface area contributed by atoms with Crippen molar-refractivity contribution in [3.63, 3.8) is 0 Å². The maximum absolute atomic E-state index is 12.0. The van der Waals surface area contributed by atoms with Gasteiger partial charge in [0.2, 0.25) is 0 Å². The number of hydrogen-bond donors (Lipinski definition) is 1. The van der Waals surface area contributed by atoms with Gasteiger partial charge in [-0.05, 0) is 36.2 Å². The highest BCUT2D eigenvalue weighted by Gasteiger charge is 2.55. The van der Waals surface area contributed by atoms with E-state index < -0.39 is 23.3 Å². The molecule has 0 bridgehead atoms. The van der Waals surface area contributed by atoms with Crippen molar-refractivity contribution in [2.75, 3.05) is 0 Å². The first kappa shape index (κ1) is 15.0. The second-order valence-corrected chi connectivity index (χ2v) is 6.54. The predicted molar refractivity (Wildman–Crippen MR) is 77.0 cm³/mol. The average molecular weight is 361 g/mol. The zero-order valence-electron chi connectivity index (χ0n) is 12.0. The summed E-state index contributed by atoms with van der Waals surface area (Å²) in [4.78, 5) is 25.7. The van der Waals surface area contributed by atoms with Crippen molar-refractivity contribution < 1.29 is 14.2 Å². The van der Waals surface area contributed by atoms with E-state index in [1.54, 1.807) is 0 Å². The molecule has 3 rings (SSSR count). The standard InChI is InChI=1S/C13H17BrN2O5/c1-4-7-8-9(21-13(2,3)20-8)11(19-7)16-5-6(14)10(17)15-12(16)18/h5,7-9,11H,4H2,1-3H3,(H,15,17,18). The predicted octanol–water partition coefficient (Wildman–Crippen LogP) is 1.13. The number of nitrogens with zero attached hydrogens (tertiary/aromatic N) is 1. The molecular formula is C13H17BrN2O5. The number of fused-ring (bicyclic) bond motifs is 1. The number of rotatable bonds is 2. The molecule has 8 heteroatoms. The minimum Gasteiger partial charge on any atom is -0.349 e. The highest BCUT2D eigenvalue weighted by molar-refractivity contribution is 9.10. The summed E-state index contributed by atoms with van der Waals surface area (Å²) < 4.78 is 19.3. The summed E-state index contributed by atoms with van der Waals surface area (Å²) in [6.07, 6.45) is 0.779. The van der Waals surface area contributed by atoms with Crippen LogP contribution in [0.15, 0.2) is 20.3 Å². The van der Waals surface area contributed by atoms with Crippen molar-refractivity contribution in [1.29, 1.82) is 0 Å². The molecule has 3 heterocycles. The van der Waals surface area contributed by atoms with Crippen molar-refractivity contribution in [3.05, 3.63) is 31.5 Å². The van der Waals surface area contributed by atoms with Crippen LogP contribution in [-0.4, -0.2) is 33.7 Å². The minimum absolute atomic E-state index is 0.153. The van der Waals surface area contributed by atoms with Crippen LogP contribution < -0.4 is 11.2 Å². The van der Waals surface area contributed by atoms with Gasteiger partial charge in [0.15, 0.2) is 12.0 Å². The first-order valence-corrected chi connectivity index (χ1v) is 7.64. The Morgan fingerprint density at radius 1 is 1.33 bits per heavy atom. The molecule has 0 aromatic carbocycles. The number of H-pyrrole nitrogens is 1. The summed E-state index contributed by atoms with van der Waals surface area (Å²) in [5.74, 6) is -0.714. The summed E-state index contributed by atoms with van der Waals surface area (Å²) in [5.41, 5.74) is -1.00. The van der Waals surface area contributed by atoms with Gasteiger partial charge < -0.3 is 14.2 Å². The van der Waals surface area contributed by atoms with E-state index in [1.165, 1.54) is 10.8 Å². The number of aromatic nitrogens is 2. The van der Waals surface area contributed by atoms with E-state index in [0.29, 0.717) is 0 Å². The molecule has 0 radical (unpaired) electrons. The molecule has 0 amide bonds. The summed E-state index contributed by atoms with van der Waals surface area (Å²) >= 11 is 3.12. The van der Waals surface area contributed by atoms with Crippen LogP contribution in [-0.2, 0) is 14.2 Å². The van der Waals surface area contributed by atoms with E-state index in [9.17, 15) is 9.59 Å². The molecule has 1 N–H and O–H groups in total. The highest BCUT2D eigenvalue weighted by atomic mass is 79.9. The first-order valence-electron chi connectivity index (χ1n) is 6.84. The van der Waals surface area contributed by atoms with Gasteiger partial charge in [0.1, 0.15) is 12.2 Å². The lowest BCUT2D eigenvalue weighted by atomic mass is 10.1. The Hall–Kier alpha value is -0.960. The maximum atomic E-state index is 12.0. The van der Waals surface area contributed by atoms with Gasteiger partial charge >= 0.3 is 5.69 Å². The Kier molecular flexibility index (Phi) is 3.59. The van der Waals surface area contributed by atoms with E-state index in [-0.39, 0.29) is 22.8 Å². The smallest absolute Gasteiger partial charge is 0.330 e. The lowest BCUT2D eigenvalue weighted by molar-refractivity contribution is -0.197. The fraction of sp³-hybridized carbons (Fsp3) is 0.692. The van der Waals surface area contributed by atoms with Gasteiger partial charge in [-0.15, -0.1) is 0 Å². The minimum atomic E-state index is -0.714. The number of aromatic amines is 1. The topological polar surface area (TPSA) is 82.6 Å². The lowest BCUT2D eigenvalue weighted by Crippen LogP contribution is -2.37. The van der Waals surface area contributed by atoms with E-state index in [4.69, 9.17) is 14.2 Å². The second-order valence-electron chi connectivity index (χ2n) is 5.68. The Labute approximate surface area is 129 Å². The third kappa shape index (κ3) is 2.50.